The monoisotopic (exact) mass is 259 g/mol. The molecule has 2 atom stereocenters. The van der Waals surface area contributed by atoms with Gasteiger partial charge in [-0.1, -0.05) is 52.7 Å². The summed E-state index contributed by atoms with van der Waals surface area (Å²) in [5.41, 5.74) is 2.72. The van der Waals surface area contributed by atoms with Gasteiger partial charge in [0.25, 0.3) is 0 Å². The predicted molar refractivity (Wildman–Crippen MR) is 84.7 cm³/mol. The minimum Gasteiger partial charge on any atom is -0.382 e. The Balaban J connectivity index is 2.02. The van der Waals surface area contributed by atoms with Crippen molar-refractivity contribution in [2.75, 3.05) is 5.32 Å². The van der Waals surface area contributed by atoms with Crippen molar-refractivity contribution in [2.45, 2.75) is 65.3 Å². The summed E-state index contributed by atoms with van der Waals surface area (Å²) in [4.78, 5) is 0. The fourth-order valence-corrected chi connectivity index (χ4v) is 3.32. The molecule has 1 aliphatic carbocycles. The highest BCUT2D eigenvalue weighted by molar-refractivity contribution is 5.46. The van der Waals surface area contributed by atoms with Gasteiger partial charge in [-0.15, -0.1) is 0 Å². The summed E-state index contributed by atoms with van der Waals surface area (Å²) in [7, 11) is 0. The van der Waals surface area contributed by atoms with E-state index in [1.165, 1.54) is 36.9 Å². The number of nitrogens with one attached hydrogen (secondary N) is 1. The molecule has 1 saturated carbocycles. The Hall–Kier alpha value is -0.980. The van der Waals surface area contributed by atoms with Gasteiger partial charge < -0.3 is 5.32 Å². The van der Waals surface area contributed by atoms with E-state index in [4.69, 9.17) is 0 Å². The highest BCUT2D eigenvalue weighted by atomic mass is 14.9. The van der Waals surface area contributed by atoms with Crippen LogP contribution in [0.1, 0.15) is 64.9 Å². The first kappa shape index (κ1) is 14.4. The van der Waals surface area contributed by atoms with Gasteiger partial charge in [0, 0.05) is 11.7 Å². The molecular formula is C18H29N. The SMILES string of the molecule is CC(C)c1ccc(NC2CCCCC2C(C)C)cc1. The van der Waals surface area contributed by atoms with E-state index in [1.807, 2.05) is 0 Å². The average molecular weight is 259 g/mol. The van der Waals surface area contributed by atoms with Gasteiger partial charge >= 0.3 is 0 Å². The summed E-state index contributed by atoms with van der Waals surface area (Å²) >= 11 is 0. The van der Waals surface area contributed by atoms with Gasteiger partial charge in [0.2, 0.25) is 0 Å². The zero-order valence-corrected chi connectivity index (χ0v) is 12.9. The predicted octanol–water partition coefficient (Wildman–Crippen LogP) is 5.44. The second-order valence-electron chi connectivity index (χ2n) is 6.72. The highest BCUT2D eigenvalue weighted by Gasteiger charge is 2.27. The van der Waals surface area contributed by atoms with Crippen molar-refractivity contribution in [2.24, 2.45) is 11.8 Å². The van der Waals surface area contributed by atoms with Crippen molar-refractivity contribution < 1.29 is 0 Å². The zero-order chi connectivity index (χ0) is 13.8. The summed E-state index contributed by atoms with van der Waals surface area (Å²) < 4.78 is 0. The molecular weight excluding hydrogens is 230 g/mol. The molecule has 0 amide bonds. The third-order valence-corrected chi connectivity index (χ3v) is 4.61. The van der Waals surface area contributed by atoms with Gasteiger partial charge in [-0.05, 0) is 48.3 Å². The summed E-state index contributed by atoms with van der Waals surface area (Å²) in [6.45, 7) is 9.23. The summed E-state index contributed by atoms with van der Waals surface area (Å²) in [5, 5.41) is 3.78. The molecule has 1 aliphatic rings. The normalized spacial score (nSPS) is 23.9. The van der Waals surface area contributed by atoms with Crippen LogP contribution in [-0.4, -0.2) is 6.04 Å². The maximum atomic E-state index is 3.78. The van der Waals surface area contributed by atoms with Crippen LogP contribution in [0.25, 0.3) is 0 Å². The largest absolute Gasteiger partial charge is 0.382 e. The van der Waals surface area contributed by atoms with Gasteiger partial charge in [0.1, 0.15) is 0 Å². The zero-order valence-electron chi connectivity index (χ0n) is 12.9. The third kappa shape index (κ3) is 3.75. The second kappa shape index (κ2) is 6.45. The highest BCUT2D eigenvalue weighted by Crippen LogP contribution is 2.32. The lowest BCUT2D eigenvalue weighted by Crippen LogP contribution is -2.35. The molecule has 0 spiro atoms. The van der Waals surface area contributed by atoms with Crippen LogP contribution in [-0.2, 0) is 0 Å². The first-order valence-corrected chi connectivity index (χ1v) is 7.94. The fraction of sp³-hybridized carbons (Fsp3) is 0.667. The Kier molecular flexibility index (Phi) is 4.90. The number of anilines is 1. The molecule has 0 saturated heterocycles. The molecule has 19 heavy (non-hydrogen) atoms. The second-order valence-corrected chi connectivity index (χ2v) is 6.72. The molecule has 1 N–H and O–H groups in total. The molecule has 1 heteroatoms. The molecule has 1 aromatic rings. The molecule has 1 aromatic carbocycles. The van der Waals surface area contributed by atoms with Crippen LogP contribution in [0.4, 0.5) is 5.69 Å². The molecule has 0 bridgehead atoms. The van der Waals surface area contributed by atoms with Crippen LogP contribution in [0.5, 0.6) is 0 Å². The van der Waals surface area contributed by atoms with Crippen LogP contribution >= 0.6 is 0 Å². The third-order valence-electron chi connectivity index (χ3n) is 4.61. The van der Waals surface area contributed by atoms with Crippen molar-refractivity contribution in [3.05, 3.63) is 29.8 Å². The minimum absolute atomic E-state index is 0.618. The van der Waals surface area contributed by atoms with Crippen LogP contribution < -0.4 is 5.32 Å². The van der Waals surface area contributed by atoms with Crippen molar-refractivity contribution in [1.82, 2.24) is 0 Å². The van der Waals surface area contributed by atoms with Crippen LogP contribution in [0.2, 0.25) is 0 Å². The molecule has 1 fully saturated rings. The quantitative estimate of drug-likeness (QED) is 0.759. The van der Waals surface area contributed by atoms with E-state index in [1.54, 1.807) is 0 Å². The first-order chi connectivity index (χ1) is 9.08. The maximum absolute atomic E-state index is 3.78. The number of hydrogen-bond acceptors (Lipinski definition) is 1. The van der Waals surface area contributed by atoms with E-state index in [0.29, 0.717) is 12.0 Å². The lowest BCUT2D eigenvalue weighted by Gasteiger charge is -2.35. The molecule has 0 aliphatic heterocycles. The summed E-state index contributed by atoms with van der Waals surface area (Å²) in [6.07, 6.45) is 5.51. The summed E-state index contributed by atoms with van der Waals surface area (Å²) in [6, 6.07) is 9.70. The lowest BCUT2D eigenvalue weighted by molar-refractivity contribution is 0.254. The van der Waals surface area contributed by atoms with Crippen LogP contribution in [0, 0.1) is 11.8 Å². The van der Waals surface area contributed by atoms with Gasteiger partial charge in [-0.25, -0.2) is 0 Å². The summed E-state index contributed by atoms with van der Waals surface area (Å²) in [5.74, 6) is 2.23. The van der Waals surface area contributed by atoms with E-state index in [2.05, 4.69) is 57.3 Å². The molecule has 0 radical (unpaired) electrons. The smallest absolute Gasteiger partial charge is 0.0342 e. The Morgan fingerprint density at radius 3 is 2.16 bits per heavy atom. The molecule has 106 valence electrons. The maximum Gasteiger partial charge on any atom is 0.0342 e. The van der Waals surface area contributed by atoms with E-state index in [0.717, 1.165) is 11.8 Å². The number of hydrogen-bond donors (Lipinski definition) is 1. The number of benzene rings is 1. The van der Waals surface area contributed by atoms with Crippen LogP contribution in [0.3, 0.4) is 0 Å². The standard InChI is InChI=1S/C18H29N/c1-13(2)15-9-11-16(12-10-15)19-18-8-6-5-7-17(18)14(3)4/h9-14,17-19H,5-8H2,1-4H3. The fourth-order valence-electron chi connectivity index (χ4n) is 3.32. The Morgan fingerprint density at radius 2 is 1.58 bits per heavy atom. The van der Waals surface area contributed by atoms with Gasteiger partial charge in [-0.3, -0.25) is 0 Å². The van der Waals surface area contributed by atoms with E-state index in [-0.39, 0.29) is 0 Å². The Bertz CT molecular complexity index is 377. The molecule has 2 rings (SSSR count). The Labute approximate surface area is 118 Å². The first-order valence-electron chi connectivity index (χ1n) is 7.94. The number of rotatable bonds is 4. The minimum atomic E-state index is 0.618. The van der Waals surface area contributed by atoms with Crippen LogP contribution in [0.15, 0.2) is 24.3 Å². The van der Waals surface area contributed by atoms with Gasteiger partial charge in [0.05, 0.1) is 0 Å². The Morgan fingerprint density at radius 1 is 0.947 bits per heavy atom. The lowest BCUT2D eigenvalue weighted by atomic mass is 9.78. The van der Waals surface area contributed by atoms with Gasteiger partial charge in [-0.2, -0.15) is 0 Å². The van der Waals surface area contributed by atoms with Crippen molar-refractivity contribution in [3.8, 4) is 0 Å². The molecule has 0 aromatic heterocycles. The van der Waals surface area contributed by atoms with Crippen molar-refractivity contribution in [1.29, 1.82) is 0 Å². The average Bonchev–Trinajstić information content (AvgIpc) is 2.39. The molecule has 2 unspecified atom stereocenters. The van der Waals surface area contributed by atoms with E-state index < -0.39 is 0 Å². The van der Waals surface area contributed by atoms with Crippen molar-refractivity contribution in [3.63, 3.8) is 0 Å². The van der Waals surface area contributed by atoms with Crippen molar-refractivity contribution >= 4 is 5.69 Å². The van der Waals surface area contributed by atoms with E-state index in [9.17, 15) is 0 Å². The molecule has 1 nitrogen and oxygen atoms in total. The van der Waals surface area contributed by atoms with E-state index >= 15 is 0 Å². The molecule has 0 heterocycles. The topological polar surface area (TPSA) is 12.0 Å². The van der Waals surface area contributed by atoms with Gasteiger partial charge in [0.15, 0.2) is 0 Å².